The van der Waals surface area contributed by atoms with E-state index in [-0.39, 0.29) is 32.5 Å². The third-order valence-corrected chi connectivity index (χ3v) is 32.1. The number of anilines is 6. The van der Waals surface area contributed by atoms with E-state index in [9.17, 15) is 0 Å². The van der Waals surface area contributed by atoms with Gasteiger partial charge in [0, 0.05) is 66.6 Å². The van der Waals surface area contributed by atoms with Crippen molar-refractivity contribution in [2.24, 2.45) is 0 Å². The molecule has 6 aliphatic carbocycles. The fraction of sp³-hybridized carbons (Fsp3) is 0.134. The molecule has 0 atom stereocenters. The van der Waals surface area contributed by atoms with Crippen LogP contribution in [0.25, 0.3) is 155 Å². The zero-order chi connectivity index (χ0) is 92.2. The first-order valence-electron chi connectivity index (χ1n) is 48.5. The van der Waals surface area contributed by atoms with E-state index in [0.717, 1.165) is 5.69 Å². The number of nitrogens with zero attached hydrogens (tertiary/aromatic N) is 2. The SMILES string of the molecule is CC1(C)c2cc(-c3ccccc3)ccc2-c2ccc(N(c3ccc4c(c3)C(C)(C)c3cc(-c5ccccc5)ccc3-4)c3ccc4c(c3)C(C)(C)c3cc(-c5ccc6ccccc6c5)ccc3-4)cc21.CC1(C)c2cc(-c3ccccc3)ccc2-c2ccc(N(c3ccc4c(c3)C(C)(C)c3cc(-c5ccccc5)ccc3-4)c3ccc4c(c3)C(C)(C)c3cc(-c5cccc6ccccc56)ccc3-4)cc21. The highest BCUT2D eigenvalue weighted by Gasteiger charge is 2.45. The molecule has 2 nitrogen and oxygen atoms in total. The monoisotopic (exact) mass is 1740 g/mol. The average molecular weight is 1740 g/mol. The van der Waals surface area contributed by atoms with Crippen molar-refractivity contribution < 1.29 is 0 Å². The van der Waals surface area contributed by atoms with Gasteiger partial charge in [-0.1, -0.05) is 392 Å². The average Bonchev–Trinajstić information content (AvgIpc) is 1.57. The van der Waals surface area contributed by atoms with E-state index >= 15 is 0 Å². The van der Waals surface area contributed by atoms with Gasteiger partial charge in [-0.2, -0.15) is 0 Å². The molecular formula is C134H106N2. The molecular weight excluding hydrogens is 1640 g/mol. The molecule has 652 valence electrons. The second-order valence-electron chi connectivity index (χ2n) is 41.9. The predicted octanol–water partition coefficient (Wildman–Crippen LogP) is 36.5. The van der Waals surface area contributed by atoms with Crippen LogP contribution in [-0.2, 0) is 32.5 Å². The molecule has 0 bridgehead atoms. The maximum atomic E-state index is 2.53. The number of benzene rings is 20. The van der Waals surface area contributed by atoms with Gasteiger partial charge in [0.1, 0.15) is 0 Å². The minimum Gasteiger partial charge on any atom is -0.310 e. The molecule has 2 heteroatoms. The Labute approximate surface area is 800 Å². The molecule has 0 unspecified atom stereocenters. The van der Waals surface area contributed by atoms with E-state index in [1.165, 1.54) is 250 Å². The zero-order valence-electron chi connectivity index (χ0n) is 79.3. The quantitative estimate of drug-likeness (QED) is 0.120. The summed E-state index contributed by atoms with van der Waals surface area (Å²) in [7, 11) is 0. The van der Waals surface area contributed by atoms with Gasteiger partial charge >= 0.3 is 0 Å². The molecule has 6 aliphatic rings. The second kappa shape index (κ2) is 30.5. The molecule has 0 aromatic heterocycles. The Bertz CT molecular complexity index is 8070. The Morgan fingerprint density at radius 2 is 0.324 bits per heavy atom. The van der Waals surface area contributed by atoms with E-state index in [1.54, 1.807) is 0 Å². The first kappa shape index (κ1) is 82.4. The molecule has 0 N–H and O–H groups in total. The van der Waals surface area contributed by atoms with Gasteiger partial charge in [0.15, 0.2) is 0 Å². The van der Waals surface area contributed by atoms with E-state index < -0.39 is 0 Å². The smallest absolute Gasteiger partial charge is 0.0465 e. The molecule has 0 spiro atoms. The summed E-state index contributed by atoms with van der Waals surface area (Å²) in [6.45, 7) is 28.9. The molecule has 0 radical (unpaired) electrons. The molecule has 0 heterocycles. The van der Waals surface area contributed by atoms with Crippen LogP contribution < -0.4 is 9.80 Å². The molecule has 0 saturated carbocycles. The van der Waals surface area contributed by atoms with Crippen molar-refractivity contribution in [1.29, 1.82) is 0 Å². The zero-order valence-corrected chi connectivity index (χ0v) is 79.3. The van der Waals surface area contributed by atoms with E-state index in [1.807, 2.05) is 0 Å². The van der Waals surface area contributed by atoms with Crippen LogP contribution in [0.3, 0.4) is 0 Å². The first-order chi connectivity index (χ1) is 65.9. The Balaban J connectivity index is 0.000000145. The number of hydrogen-bond donors (Lipinski definition) is 0. The van der Waals surface area contributed by atoms with Crippen molar-refractivity contribution in [1.82, 2.24) is 0 Å². The maximum absolute atomic E-state index is 2.53. The van der Waals surface area contributed by atoms with Gasteiger partial charge in [0.05, 0.1) is 0 Å². The molecule has 26 rings (SSSR count). The first-order valence-corrected chi connectivity index (χ1v) is 48.5. The Morgan fingerprint density at radius 1 is 0.125 bits per heavy atom. The molecule has 0 amide bonds. The van der Waals surface area contributed by atoms with Gasteiger partial charge in [0.2, 0.25) is 0 Å². The molecule has 136 heavy (non-hydrogen) atoms. The number of hydrogen-bond acceptors (Lipinski definition) is 2. The molecule has 0 aliphatic heterocycles. The van der Waals surface area contributed by atoms with Gasteiger partial charge in [-0.3, -0.25) is 0 Å². The fourth-order valence-electron chi connectivity index (χ4n) is 24.5. The van der Waals surface area contributed by atoms with Gasteiger partial charge in [-0.25, -0.2) is 0 Å². The molecule has 20 aromatic rings. The lowest BCUT2D eigenvalue weighted by Gasteiger charge is -2.31. The summed E-state index contributed by atoms with van der Waals surface area (Å²) in [5.74, 6) is 0. The normalized spacial score (nSPS) is 15.0. The summed E-state index contributed by atoms with van der Waals surface area (Å²) in [4.78, 5) is 5.06. The molecule has 20 aromatic carbocycles. The summed E-state index contributed by atoms with van der Waals surface area (Å²) in [5.41, 5.74) is 53.2. The van der Waals surface area contributed by atoms with Crippen molar-refractivity contribution in [2.75, 3.05) is 9.80 Å². The van der Waals surface area contributed by atoms with Crippen LogP contribution in [0.4, 0.5) is 34.1 Å². The van der Waals surface area contributed by atoms with Crippen LogP contribution in [0, 0.1) is 0 Å². The topological polar surface area (TPSA) is 6.48 Å². The molecule has 0 saturated heterocycles. The highest BCUT2D eigenvalue weighted by molar-refractivity contribution is 6.01. The lowest BCUT2D eigenvalue weighted by molar-refractivity contribution is 0.659. The van der Waals surface area contributed by atoms with Crippen molar-refractivity contribution in [3.8, 4) is 134 Å². The Hall–Kier alpha value is -15.5. The maximum Gasteiger partial charge on any atom is 0.0465 e. The molecule has 0 fully saturated rings. The van der Waals surface area contributed by atoms with Crippen LogP contribution in [-0.4, -0.2) is 0 Å². The van der Waals surface area contributed by atoms with Gasteiger partial charge in [0.25, 0.3) is 0 Å². The van der Waals surface area contributed by atoms with E-state index in [2.05, 4.69) is 518 Å². The highest BCUT2D eigenvalue weighted by atomic mass is 15.1. The standard InChI is InChI=1S/2C67H53N/c1-65(2)59-36-45(42-16-9-7-10-17-42)24-30-53(59)56-33-27-48(39-62(56)65)68(49-28-34-57-54-31-25-46(43-18-11-8-12-19-43)37-60(54)66(3,4)63(57)40-49)50-29-35-58-55-32-26-47(38-61(55)67(5,6)64(58)41-50)52-23-15-21-44-20-13-14-22-51(44)52;1-65(2)59-36-47(42-15-9-7-10-16-42)23-29-53(59)56-32-26-50(39-62(56)65)68(51-27-33-57-54-30-24-48(43-17-11-8-12-18-43)37-60(54)66(3,4)63(57)40-51)52-28-34-58-55-31-25-49(38-61(55)67(5,6)64(58)41-52)46-22-21-44-19-13-14-20-45(44)35-46/h2*7-41H,1-6H3. The summed E-state index contributed by atoms with van der Waals surface area (Å²) in [6, 6.07) is 160. The van der Waals surface area contributed by atoms with Gasteiger partial charge in [-0.05, 0) is 337 Å². The minimum absolute atomic E-state index is 0.195. The van der Waals surface area contributed by atoms with Crippen molar-refractivity contribution in [3.63, 3.8) is 0 Å². The largest absolute Gasteiger partial charge is 0.310 e. The fourth-order valence-corrected chi connectivity index (χ4v) is 24.5. The third kappa shape index (κ3) is 12.8. The lowest BCUT2D eigenvalue weighted by Crippen LogP contribution is -2.19. The minimum atomic E-state index is -0.219. The van der Waals surface area contributed by atoms with Crippen molar-refractivity contribution >= 4 is 55.7 Å². The summed E-state index contributed by atoms with van der Waals surface area (Å²) in [6.07, 6.45) is 0. The Morgan fingerprint density at radius 3 is 0.610 bits per heavy atom. The number of rotatable bonds is 12. The van der Waals surface area contributed by atoms with Gasteiger partial charge in [-0.15, -0.1) is 0 Å². The second-order valence-corrected chi connectivity index (χ2v) is 41.9. The van der Waals surface area contributed by atoms with Crippen LogP contribution >= 0.6 is 0 Å². The van der Waals surface area contributed by atoms with Crippen LogP contribution in [0.2, 0.25) is 0 Å². The summed E-state index contributed by atoms with van der Waals surface area (Å²) in [5, 5.41) is 5.09. The number of fused-ring (bicyclic) bond motifs is 20. The van der Waals surface area contributed by atoms with Crippen molar-refractivity contribution in [2.45, 2.75) is 116 Å². The van der Waals surface area contributed by atoms with Crippen LogP contribution in [0.5, 0.6) is 0 Å². The van der Waals surface area contributed by atoms with Crippen LogP contribution in [0.15, 0.2) is 425 Å². The third-order valence-electron chi connectivity index (χ3n) is 32.1. The highest BCUT2D eigenvalue weighted by Crippen LogP contribution is 2.61. The lowest BCUT2D eigenvalue weighted by atomic mass is 9.80. The van der Waals surface area contributed by atoms with Gasteiger partial charge < -0.3 is 9.80 Å². The predicted molar refractivity (Wildman–Crippen MR) is 575 cm³/mol. The van der Waals surface area contributed by atoms with Crippen molar-refractivity contribution in [3.05, 3.63) is 491 Å². The summed E-state index contributed by atoms with van der Waals surface area (Å²) < 4.78 is 0. The summed E-state index contributed by atoms with van der Waals surface area (Å²) >= 11 is 0. The Kier molecular flexibility index (Phi) is 18.5. The van der Waals surface area contributed by atoms with E-state index in [4.69, 9.17) is 0 Å². The van der Waals surface area contributed by atoms with E-state index in [0.29, 0.717) is 0 Å². The van der Waals surface area contributed by atoms with Crippen LogP contribution in [0.1, 0.15) is 150 Å².